The Morgan fingerprint density at radius 3 is 2.29 bits per heavy atom. The van der Waals surface area contributed by atoms with Gasteiger partial charge < -0.3 is 23.8 Å². The van der Waals surface area contributed by atoms with E-state index in [1.807, 2.05) is 0 Å². The molecule has 6 heteroatoms. The summed E-state index contributed by atoms with van der Waals surface area (Å²) in [7, 11) is 0. The lowest BCUT2D eigenvalue weighted by atomic mass is 9.68. The van der Waals surface area contributed by atoms with E-state index in [0.29, 0.717) is 24.5 Å². The predicted octanol–water partition coefficient (Wildman–Crippen LogP) is 4.09. The van der Waals surface area contributed by atoms with Crippen molar-refractivity contribution in [3.8, 4) is 17.2 Å². The van der Waals surface area contributed by atoms with Crippen molar-refractivity contribution in [2.75, 3.05) is 46.2 Å². The molecule has 172 valence electrons. The third-order valence-corrected chi connectivity index (χ3v) is 8.11. The minimum atomic E-state index is 0.0993. The number of hydrogen-bond donors (Lipinski definition) is 0. The van der Waals surface area contributed by atoms with Crippen molar-refractivity contribution in [2.24, 2.45) is 11.8 Å². The SMILES string of the molecule is CCN(CC)C1CCC([C@H]2c3cc4c(cc3O[C@H](N3CCOCC3)[C@@H]2C)OCO4)CC1. The first-order chi connectivity index (χ1) is 15.2. The number of fused-ring (bicyclic) bond motifs is 2. The average Bonchev–Trinajstić information content (AvgIpc) is 3.27. The lowest BCUT2D eigenvalue weighted by molar-refractivity contribution is -0.0873. The maximum atomic E-state index is 6.65. The van der Waals surface area contributed by atoms with Crippen LogP contribution in [0.15, 0.2) is 12.1 Å². The highest BCUT2D eigenvalue weighted by molar-refractivity contribution is 5.54. The molecule has 3 aliphatic heterocycles. The largest absolute Gasteiger partial charge is 0.474 e. The Bertz CT molecular complexity index is 754. The highest BCUT2D eigenvalue weighted by Crippen LogP contribution is 2.52. The Morgan fingerprint density at radius 2 is 1.61 bits per heavy atom. The molecule has 0 aromatic heterocycles. The third-order valence-electron chi connectivity index (χ3n) is 8.11. The fourth-order valence-corrected chi connectivity index (χ4v) is 6.49. The molecule has 1 aromatic rings. The lowest BCUT2D eigenvalue weighted by Gasteiger charge is -2.48. The molecule has 1 aliphatic carbocycles. The van der Waals surface area contributed by atoms with Gasteiger partial charge in [0.25, 0.3) is 0 Å². The van der Waals surface area contributed by atoms with E-state index in [2.05, 4.69) is 42.7 Å². The summed E-state index contributed by atoms with van der Waals surface area (Å²) >= 11 is 0. The van der Waals surface area contributed by atoms with E-state index in [-0.39, 0.29) is 6.23 Å². The summed E-state index contributed by atoms with van der Waals surface area (Å²) in [4.78, 5) is 5.13. The predicted molar refractivity (Wildman–Crippen MR) is 120 cm³/mol. The summed E-state index contributed by atoms with van der Waals surface area (Å²) in [6.07, 6.45) is 5.29. The van der Waals surface area contributed by atoms with Crippen molar-refractivity contribution in [1.82, 2.24) is 9.80 Å². The Balaban J connectivity index is 1.42. The van der Waals surface area contributed by atoms with E-state index < -0.39 is 0 Å². The first-order valence-corrected chi connectivity index (χ1v) is 12.4. The molecule has 3 heterocycles. The second-order valence-corrected chi connectivity index (χ2v) is 9.57. The van der Waals surface area contributed by atoms with Gasteiger partial charge in [0.2, 0.25) is 6.79 Å². The van der Waals surface area contributed by atoms with Crippen molar-refractivity contribution in [3.05, 3.63) is 17.7 Å². The van der Waals surface area contributed by atoms with E-state index in [1.54, 1.807) is 0 Å². The van der Waals surface area contributed by atoms with Crippen LogP contribution in [-0.2, 0) is 4.74 Å². The zero-order valence-corrected chi connectivity index (χ0v) is 19.3. The summed E-state index contributed by atoms with van der Waals surface area (Å²) in [5, 5.41) is 0. The van der Waals surface area contributed by atoms with Crippen LogP contribution in [0.25, 0.3) is 0 Å². The Labute approximate surface area is 186 Å². The van der Waals surface area contributed by atoms with E-state index in [9.17, 15) is 0 Å². The molecular weight excluding hydrogens is 392 g/mol. The minimum absolute atomic E-state index is 0.0993. The first-order valence-electron chi connectivity index (χ1n) is 12.4. The molecule has 0 N–H and O–H groups in total. The third kappa shape index (κ3) is 4.03. The van der Waals surface area contributed by atoms with Crippen molar-refractivity contribution in [2.45, 2.75) is 64.6 Å². The fraction of sp³-hybridized carbons (Fsp3) is 0.760. The Morgan fingerprint density at radius 1 is 0.935 bits per heavy atom. The van der Waals surface area contributed by atoms with E-state index in [4.69, 9.17) is 18.9 Å². The highest BCUT2D eigenvalue weighted by atomic mass is 16.7. The van der Waals surface area contributed by atoms with Gasteiger partial charge in [-0.3, -0.25) is 4.90 Å². The second kappa shape index (κ2) is 9.16. The van der Waals surface area contributed by atoms with Gasteiger partial charge in [0.15, 0.2) is 17.7 Å². The molecule has 2 fully saturated rings. The van der Waals surface area contributed by atoms with Crippen LogP contribution in [0.2, 0.25) is 0 Å². The van der Waals surface area contributed by atoms with Crippen molar-refractivity contribution < 1.29 is 18.9 Å². The van der Waals surface area contributed by atoms with Gasteiger partial charge in [0, 0.05) is 36.7 Å². The van der Waals surface area contributed by atoms with Gasteiger partial charge in [-0.15, -0.1) is 0 Å². The molecule has 31 heavy (non-hydrogen) atoms. The lowest BCUT2D eigenvalue weighted by Crippen LogP contribution is -2.53. The van der Waals surface area contributed by atoms with Gasteiger partial charge in [0.05, 0.1) is 13.2 Å². The van der Waals surface area contributed by atoms with Crippen LogP contribution in [0.1, 0.15) is 57.9 Å². The van der Waals surface area contributed by atoms with Crippen LogP contribution >= 0.6 is 0 Å². The van der Waals surface area contributed by atoms with Crippen LogP contribution in [-0.4, -0.2) is 68.3 Å². The number of nitrogens with zero attached hydrogens (tertiary/aromatic N) is 2. The maximum Gasteiger partial charge on any atom is 0.231 e. The molecule has 0 bridgehead atoms. The molecule has 3 atom stereocenters. The van der Waals surface area contributed by atoms with E-state index in [0.717, 1.165) is 62.7 Å². The van der Waals surface area contributed by atoms with Crippen LogP contribution in [0, 0.1) is 11.8 Å². The summed E-state index contributed by atoms with van der Waals surface area (Å²) in [6.45, 7) is 13.1. The second-order valence-electron chi connectivity index (χ2n) is 9.57. The Hall–Kier alpha value is -1.50. The number of benzene rings is 1. The highest BCUT2D eigenvalue weighted by Gasteiger charge is 2.44. The van der Waals surface area contributed by atoms with E-state index in [1.165, 1.54) is 31.2 Å². The van der Waals surface area contributed by atoms with Gasteiger partial charge in [-0.1, -0.05) is 20.8 Å². The quantitative estimate of drug-likeness (QED) is 0.701. The summed E-state index contributed by atoms with van der Waals surface area (Å²) in [5.41, 5.74) is 1.33. The van der Waals surface area contributed by atoms with Crippen molar-refractivity contribution in [3.63, 3.8) is 0 Å². The normalized spacial score (nSPS) is 33.2. The van der Waals surface area contributed by atoms with Gasteiger partial charge in [-0.2, -0.15) is 0 Å². The molecule has 0 spiro atoms. The van der Waals surface area contributed by atoms with Crippen LogP contribution in [0.5, 0.6) is 17.2 Å². The maximum absolute atomic E-state index is 6.65. The fourth-order valence-electron chi connectivity index (χ4n) is 6.49. The van der Waals surface area contributed by atoms with Crippen LogP contribution < -0.4 is 14.2 Å². The molecule has 0 amide bonds. The number of hydrogen-bond acceptors (Lipinski definition) is 6. The molecule has 1 aromatic carbocycles. The molecule has 1 saturated carbocycles. The molecule has 5 rings (SSSR count). The molecule has 4 aliphatic rings. The molecule has 6 nitrogen and oxygen atoms in total. The number of rotatable bonds is 5. The van der Waals surface area contributed by atoms with Crippen molar-refractivity contribution >= 4 is 0 Å². The van der Waals surface area contributed by atoms with Crippen LogP contribution in [0.4, 0.5) is 0 Å². The zero-order chi connectivity index (χ0) is 21.4. The van der Waals surface area contributed by atoms with Gasteiger partial charge in [0.1, 0.15) is 5.75 Å². The van der Waals surface area contributed by atoms with Gasteiger partial charge >= 0.3 is 0 Å². The smallest absolute Gasteiger partial charge is 0.231 e. The average molecular weight is 431 g/mol. The topological polar surface area (TPSA) is 43.4 Å². The van der Waals surface area contributed by atoms with E-state index >= 15 is 0 Å². The summed E-state index contributed by atoms with van der Waals surface area (Å²) < 4.78 is 23.7. The number of ether oxygens (including phenoxy) is 4. The Kier molecular flexibility index (Phi) is 6.31. The molecule has 0 radical (unpaired) electrons. The molecular formula is C25H38N2O4. The first kappa shape index (κ1) is 21.4. The standard InChI is InChI=1S/C25H38N2O4/c1-4-26(5-2)19-8-6-18(7-9-19)24-17(3)25(27-10-12-28-13-11-27)31-21-15-23-22(14-20(21)24)29-16-30-23/h14-15,17-19,24-25H,4-13,16H2,1-3H3/t17-,18?,19?,24+,25+/m1/s1. The summed E-state index contributed by atoms with van der Waals surface area (Å²) in [5.74, 6) is 4.30. The number of morpholine rings is 1. The minimum Gasteiger partial charge on any atom is -0.474 e. The summed E-state index contributed by atoms with van der Waals surface area (Å²) in [6, 6.07) is 5.03. The van der Waals surface area contributed by atoms with Crippen molar-refractivity contribution in [1.29, 1.82) is 0 Å². The van der Waals surface area contributed by atoms with Crippen LogP contribution in [0.3, 0.4) is 0 Å². The monoisotopic (exact) mass is 430 g/mol. The molecule has 1 saturated heterocycles. The van der Waals surface area contributed by atoms with Gasteiger partial charge in [-0.25, -0.2) is 0 Å². The van der Waals surface area contributed by atoms with Gasteiger partial charge in [-0.05, 0) is 56.7 Å². The molecule has 0 unspecified atom stereocenters. The zero-order valence-electron chi connectivity index (χ0n) is 19.3.